The van der Waals surface area contributed by atoms with E-state index in [2.05, 4.69) is 21.8 Å². The Balaban J connectivity index is 1.19. The standard InChI is InChI=1S/C23H23N5O2/c29-21(13-20-17-3-1-2-4-18(17)23(30)26-20)25-11-12-28-14-19(15-7-9-24-10-8-15)22(27-28)16-5-6-16/h1-4,7-10,14,16,20H,5-6,11-13H2,(H,25,29)(H,26,30). The Morgan fingerprint density at radius 2 is 1.93 bits per heavy atom. The van der Waals surface area contributed by atoms with E-state index in [1.807, 2.05) is 35.0 Å². The van der Waals surface area contributed by atoms with Gasteiger partial charge >= 0.3 is 0 Å². The van der Waals surface area contributed by atoms with Gasteiger partial charge in [0.2, 0.25) is 5.91 Å². The van der Waals surface area contributed by atoms with Crippen molar-refractivity contribution in [1.29, 1.82) is 0 Å². The summed E-state index contributed by atoms with van der Waals surface area (Å²) in [6, 6.07) is 11.2. The van der Waals surface area contributed by atoms with E-state index in [1.165, 1.54) is 12.8 Å². The van der Waals surface area contributed by atoms with Crippen molar-refractivity contribution in [2.45, 2.75) is 37.8 Å². The Hall–Kier alpha value is -3.48. The average molecular weight is 401 g/mol. The molecule has 2 aliphatic rings. The number of carbonyl (C=O) groups excluding carboxylic acids is 2. The molecule has 5 rings (SSSR count). The molecule has 2 aromatic heterocycles. The molecule has 2 amide bonds. The van der Waals surface area contributed by atoms with Crippen molar-refractivity contribution in [3.05, 3.63) is 71.8 Å². The summed E-state index contributed by atoms with van der Waals surface area (Å²) in [5.41, 5.74) is 4.95. The van der Waals surface area contributed by atoms with Gasteiger partial charge in [-0.15, -0.1) is 0 Å². The molecule has 1 saturated carbocycles. The molecule has 152 valence electrons. The number of carbonyl (C=O) groups is 2. The molecule has 3 heterocycles. The van der Waals surface area contributed by atoms with Gasteiger partial charge in [0.1, 0.15) is 0 Å². The summed E-state index contributed by atoms with van der Waals surface area (Å²) in [4.78, 5) is 28.5. The number of hydrogen-bond donors (Lipinski definition) is 2. The van der Waals surface area contributed by atoms with Gasteiger partial charge in [-0.3, -0.25) is 19.3 Å². The maximum Gasteiger partial charge on any atom is 0.252 e. The van der Waals surface area contributed by atoms with Crippen LogP contribution in [-0.2, 0) is 11.3 Å². The van der Waals surface area contributed by atoms with Gasteiger partial charge in [-0.05, 0) is 42.2 Å². The molecule has 30 heavy (non-hydrogen) atoms. The molecule has 1 aliphatic carbocycles. The number of nitrogens with one attached hydrogen (secondary N) is 2. The molecule has 0 bridgehead atoms. The Labute approximate surface area is 174 Å². The van der Waals surface area contributed by atoms with Crippen molar-refractivity contribution < 1.29 is 9.59 Å². The van der Waals surface area contributed by atoms with Crippen molar-refractivity contribution in [1.82, 2.24) is 25.4 Å². The molecule has 0 radical (unpaired) electrons. The number of rotatable bonds is 7. The fourth-order valence-electron chi connectivity index (χ4n) is 4.01. The predicted molar refractivity (Wildman–Crippen MR) is 112 cm³/mol. The molecule has 3 aromatic rings. The van der Waals surface area contributed by atoms with Crippen LogP contribution < -0.4 is 10.6 Å². The van der Waals surface area contributed by atoms with E-state index in [0.29, 0.717) is 24.6 Å². The number of pyridine rings is 1. The molecule has 2 N–H and O–H groups in total. The number of aromatic nitrogens is 3. The molecular weight excluding hydrogens is 378 g/mol. The third-order valence-corrected chi connectivity index (χ3v) is 5.68. The molecule has 0 saturated heterocycles. The summed E-state index contributed by atoms with van der Waals surface area (Å²) in [6.45, 7) is 1.09. The first kappa shape index (κ1) is 18.5. The Morgan fingerprint density at radius 3 is 2.73 bits per heavy atom. The van der Waals surface area contributed by atoms with Crippen LogP contribution in [0.1, 0.15) is 52.8 Å². The number of amides is 2. The highest BCUT2D eigenvalue weighted by atomic mass is 16.2. The van der Waals surface area contributed by atoms with E-state index in [4.69, 9.17) is 5.10 Å². The summed E-state index contributed by atoms with van der Waals surface area (Å²) in [6.07, 6.45) is 8.24. The molecule has 1 atom stereocenters. The van der Waals surface area contributed by atoms with Crippen LogP contribution >= 0.6 is 0 Å². The Morgan fingerprint density at radius 1 is 1.13 bits per heavy atom. The fourth-order valence-corrected chi connectivity index (χ4v) is 4.01. The number of hydrogen-bond acceptors (Lipinski definition) is 4. The second kappa shape index (κ2) is 7.74. The van der Waals surface area contributed by atoms with Gasteiger partial charge in [-0.1, -0.05) is 18.2 Å². The van der Waals surface area contributed by atoms with Crippen molar-refractivity contribution in [3.63, 3.8) is 0 Å². The summed E-state index contributed by atoms with van der Waals surface area (Å²) < 4.78 is 1.91. The monoisotopic (exact) mass is 401 g/mol. The Bertz CT molecular complexity index is 1090. The maximum atomic E-state index is 12.4. The highest BCUT2D eigenvalue weighted by Gasteiger charge is 2.30. The van der Waals surface area contributed by atoms with Crippen LogP contribution in [0.5, 0.6) is 0 Å². The van der Waals surface area contributed by atoms with E-state index in [-0.39, 0.29) is 24.3 Å². The minimum absolute atomic E-state index is 0.0825. The third kappa shape index (κ3) is 3.70. The topological polar surface area (TPSA) is 88.9 Å². The van der Waals surface area contributed by atoms with E-state index < -0.39 is 0 Å². The van der Waals surface area contributed by atoms with Gasteiger partial charge in [0, 0.05) is 42.2 Å². The van der Waals surface area contributed by atoms with Crippen LogP contribution in [0.3, 0.4) is 0 Å². The lowest BCUT2D eigenvalue weighted by Gasteiger charge is -2.12. The van der Waals surface area contributed by atoms with Gasteiger partial charge in [0.15, 0.2) is 0 Å². The lowest BCUT2D eigenvalue weighted by atomic mass is 10.0. The van der Waals surface area contributed by atoms with Crippen LogP contribution in [-0.4, -0.2) is 33.1 Å². The number of nitrogens with zero attached hydrogens (tertiary/aromatic N) is 3. The van der Waals surface area contributed by atoms with Crippen LogP contribution in [0.2, 0.25) is 0 Å². The average Bonchev–Trinajstić information content (AvgIpc) is 3.45. The SMILES string of the molecule is O=C(CC1NC(=O)c2ccccc21)NCCn1cc(-c2ccncc2)c(C2CC2)n1. The first-order valence-corrected chi connectivity index (χ1v) is 10.3. The van der Waals surface area contributed by atoms with Gasteiger partial charge in [0.05, 0.1) is 24.7 Å². The first-order valence-electron chi connectivity index (χ1n) is 10.3. The van der Waals surface area contributed by atoms with Gasteiger partial charge < -0.3 is 10.6 Å². The lowest BCUT2D eigenvalue weighted by Crippen LogP contribution is -2.31. The van der Waals surface area contributed by atoms with E-state index in [1.54, 1.807) is 18.5 Å². The molecule has 1 aliphatic heterocycles. The van der Waals surface area contributed by atoms with Gasteiger partial charge in [-0.25, -0.2) is 0 Å². The largest absolute Gasteiger partial charge is 0.354 e. The van der Waals surface area contributed by atoms with E-state index in [9.17, 15) is 9.59 Å². The zero-order chi connectivity index (χ0) is 20.5. The normalized spacial score (nSPS) is 17.5. The quantitative estimate of drug-likeness (QED) is 0.637. The Kier molecular flexibility index (Phi) is 4.78. The summed E-state index contributed by atoms with van der Waals surface area (Å²) >= 11 is 0. The smallest absolute Gasteiger partial charge is 0.252 e. The van der Waals surface area contributed by atoms with E-state index >= 15 is 0 Å². The maximum absolute atomic E-state index is 12.4. The highest BCUT2D eigenvalue weighted by Crippen LogP contribution is 2.43. The molecule has 0 spiro atoms. The summed E-state index contributed by atoms with van der Waals surface area (Å²) in [5, 5.41) is 10.6. The molecular formula is C23H23N5O2. The second-order valence-electron chi connectivity index (χ2n) is 7.87. The number of fused-ring (bicyclic) bond motifs is 1. The highest BCUT2D eigenvalue weighted by molar-refractivity contribution is 5.99. The second-order valence-corrected chi connectivity index (χ2v) is 7.87. The van der Waals surface area contributed by atoms with Crippen LogP contribution in [0.25, 0.3) is 11.1 Å². The molecule has 7 nitrogen and oxygen atoms in total. The first-order chi connectivity index (χ1) is 14.7. The minimum atomic E-state index is -0.266. The van der Waals surface area contributed by atoms with Crippen LogP contribution in [0.4, 0.5) is 0 Å². The lowest BCUT2D eigenvalue weighted by molar-refractivity contribution is -0.121. The summed E-state index contributed by atoms with van der Waals surface area (Å²) in [5.74, 6) is 0.340. The van der Waals surface area contributed by atoms with Crippen molar-refractivity contribution >= 4 is 11.8 Å². The molecule has 1 aromatic carbocycles. The molecule has 7 heteroatoms. The number of benzene rings is 1. The van der Waals surface area contributed by atoms with E-state index in [0.717, 1.165) is 22.4 Å². The van der Waals surface area contributed by atoms with Gasteiger partial charge in [-0.2, -0.15) is 5.10 Å². The molecule has 1 fully saturated rings. The van der Waals surface area contributed by atoms with Gasteiger partial charge in [0.25, 0.3) is 5.91 Å². The van der Waals surface area contributed by atoms with Crippen molar-refractivity contribution in [3.8, 4) is 11.1 Å². The fraction of sp³-hybridized carbons (Fsp3) is 0.304. The van der Waals surface area contributed by atoms with Crippen LogP contribution in [0, 0.1) is 0 Å². The predicted octanol–water partition coefficient (Wildman–Crippen LogP) is 2.81. The third-order valence-electron chi connectivity index (χ3n) is 5.68. The summed E-state index contributed by atoms with van der Waals surface area (Å²) in [7, 11) is 0. The zero-order valence-corrected chi connectivity index (χ0v) is 16.5. The zero-order valence-electron chi connectivity index (χ0n) is 16.5. The molecule has 1 unspecified atom stereocenters. The minimum Gasteiger partial charge on any atom is -0.354 e. The van der Waals surface area contributed by atoms with Crippen molar-refractivity contribution in [2.24, 2.45) is 0 Å². The van der Waals surface area contributed by atoms with Crippen molar-refractivity contribution in [2.75, 3.05) is 6.54 Å². The van der Waals surface area contributed by atoms with Crippen LogP contribution in [0.15, 0.2) is 55.0 Å².